The average molecular weight is 358 g/mol. The smallest absolute Gasteiger partial charge is 0.300 e. The Morgan fingerprint density at radius 3 is 1.12 bits per heavy atom. The topological polar surface area (TPSA) is 193 Å². The van der Waals surface area contributed by atoms with E-state index in [-0.39, 0.29) is 19.8 Å². The van der Waals surface area contributed by atoms with Gasteiger partial charge >= 0.3 is 0 Å². The van der Waals surface area contributed by atoms with Crippen LogP contribution in [0.15, 0.2) is 0 Å². The summed E-state index contributed by atoms with van der Waals surface area (Å²) in [6.07, 6.45) is 0.435. The number of carboxylic acids is 3. The van der Waals surface area contributed by atoms with Crippen LogP contribution in [0.3, 0.4) is 0 Å². The van der Waals surface area contributed by atoms with E-state index in [4.69, 9.17) is 50.1 Å². The second-order valence-electron chi connectivity index (χ2n) is 4.92. The molecular formula is C14H30O10. The number of aliphatic hydroxyl groups is 4. The molecule has 10 nitrogen and oxygen atoms in total. The van der Waals surface area contributed by atoms with Gasteiger partial charge in [0.1, 0.15) is 0 Å². The summed E-state index contributed by atoms with van der Waals surface area (Å²) in [4.78, 5) is 27.0. The average Bonchev–Trinajstić information content (AvgIpc) is 2.39. The molecule has 0 radical (unpaired) electrons. The maximum atomic E-state index is 9.00. The summed E-state index contributed by atoms with van der Waals surface area (Å²) in [5.74, 6) is -2.50. The third-order valence-corrected chi connectivity index (χ3v) is 2.10. The predicted molar refractivity (Wildman–Crippen MR) is 84.5 cm³/mol. The van der Waals surface area contributed by atoms with Gasteiger partial charge in [0.2, 0.25) is 0 Å². The SMILES string of the molecule is CC(=O)O.CC(=O)O.CC(=O)O.CC(O)CCC(CO)(CO)CO. The first kappa shape index (κ1) is 30.2. The van der Waals surface area contributed by atoms with E-state index in [9.17, 15) is 0 Å². The summed E-state index contributed by atoms with van der Waals surface area (Å²) in [5, 5.41) is 57.9. The van der Waals surface area contributed by atoms with E-state index in [1.807, 2.05) is 0 Å². The molecule has 24 heavy (non-hydrogen) atoms. The van der Waals surface area contributed by atoms with Crippen molar-refractivity contribution >= 4 is 17.9 Å². The fraction of sp³-hybridized carbons (Fsp3) is 0.786. The highest BCUT2D eigenvalue weighted by atomic mass is 16.4. The molecule has 0 heterocycles. The molecule has 0 aliphatic rings. The van der Waals surface area contributed by atoms with Gasteiger partial charge in [-0.3, -0.25) is 14.4 Å². The first-order valence-corrected chi connectivity index (χ1v) is 6.89. The van der Waals surface area contributed by atoms with Gasteiger partial charge in [-0.15, -0.1) is 0 Å². The van der Waals surface area contributed by atoms with Gasteiger partial charge in [0, 0.05) is 26.2 Å². The normalized spacial score (nSPS) is 10.5. The fourth-order valence-electron chi connectivity index (χ4n) is 0.902. The summed E-state index contributed by atoms with van der Waals surface area (Å²) in [6.45, 7) is 4.11. The van der Waals surface area contributed by atoms with E-state index < -0.39 is 29.4 Å². The van der Waals surface area contributed by atoms with Crippen molar-refractivity contribution < 1.29 is 50.1 Å². The lowest BCUT2D eigenvalue weighted by atomic mass is 9.85. The van der Waals surface area contributed by atoms with Crippen LogP contribution in [0.25, 0.3) is 0 Å². The quantitative estimate of drug-likeness (QED) is 0.322. The van der Waals surface area contributed by atoms with Crippen LogP contribution in [0.2, 0.25) is 0 Å². The summed E-state index contributed by atoms with van der Waals surface area (Å²) < 4.78 is 0. The Labute approximate surface area is 141 Å². The molecular weight excluding hydrogens is 328 g/mol. The van der Waals surface area contributed by atoms with Gasteiger partial charge < -0.3 is 35.7 Å². The summed E-state index contributed by atoms with van der Waals surface area (Å²) >= 11 is 0. The lowest BCUT2D eigenvalue weighted by molar-refractivity contribution is -0.135. The van der Waals surface area contributed by atoms with Gasteiger partial charge in [-0.05, 0) is 19.8 Å². The van der Waals surface area contributed by atoms with Gasteiger partial charge in [0.05, 0.1) is 25.9 Å². The highest BCUT2D eigenvalue weighted by Crippen LogP contribution is 2.22. The van der Waals surface area contributed by atoms with E-state index in [1.54, 1.807) is 6.92 Å². The number of carboxylic acid groups (broad SMARTS) is 3. The lowest BCUT2D eigenvalue weighted by Crippen LogP contribution is -2.34. The van der Waals surface area contributed by atoms with Crippen molar-refractivity contribution in [3.8, 4) is 0 Å². The zero-order valence-electron chi connectivity index (χ0n) is 14.5. The molecule has 0 aliphatic heterocycles. The largest absolute Gasteiger partial charge is 0.481 e. The van der Waals surface area contributed by atoms with Crippen molar-refractivity contribution in [1.29, 1.82) is 0 Å². The van der Waals surface area contributed by atoms with Gasteiger partial charge in [-0.1, -0.05) is 0 Å². The Kier molecular flexibility index (Phi) is 24.3. The van der Waals surface area contributed by atoms with Crippen LogP contribution in [-0.4, -0.2) is 79.6 Å². The van der Waals surface area contributed by atoms with Crippen LogP contribution in [0.1, 0.15) is 40.5 Å². The van der Waals surface area contributed by atoms with E-state index in [0.29, 0.717) is 12.8 Å². The second-order valence-corrected chi connectivity index (χ2v) is 4.92. The first-order valence-electron chi connectivity index (χ1n) is 6.89. The van der Waals surface area contributed by atoms with Crippen molar-refractivity contribution in [2.75, 3.05) is 19.8 Å². The minimum absolute atomic E-state index is 0.257. The minimum Gasteiger partial charge on any atom is -0.481 e. The number of hydrogen-bond donors (Lipinski definition) is 7. The highest BCUT2D eigenvalue weighted by molar-refractivity contribution is 5.63. The molecule has 0 amide bonds. The number of aliphatic hydroxyl groups excluding tert-OH is 4. The van der Waals surface area contributed by atoms with Crippen molar-refractivity contribution in [2.45, 2.75) is 46.6 Å². The van der Waals surface area contributed by atoms with Gasteiger partial charge in [0.15, 0.2) is 0 Å². The Morgan fingerprint density at radius 2 is 1.00 bits per heavy atom. The molecule has 0 spiro atoms. The minimum atomic E-state index is -0.836. The van der Waals surface area contributed by atoms with E-state index in [0.717, 1.165) is 20.8 Å². The first-order chi connectivity index (χ1) is 10.8. The predicted octanol–water partition coefficient (Wildman–Crippen LogP) is -0.617. The van der Waals surface area contributed by atoms with Crippen LogP contribution in [0.5, 0.6) is 0 Å². The number of aliphatic carboxylic acids is 3. The van der Waals surface area contributed by atoms with Crippen LogP contribution in [0.4, 0.5) is 0 Å². The van der Waals surface area contributed by atoms with Crippen molar-refractivity contribution in [2.24, 2.45) is 5.41 Å². The Balaban J connectivity index is -0.000000137. The molecule has 10 heteroatoms. The molecule has 0 aromatic carbocycles. The van der Waals surface area contributed by atoms with E-state index in [2.05, 4.69) is 0 Å². The molecule has 0 bridgehead atoms. The molecule has 0 aliphatic carbocycles. The molecule has 0 rings (SSSR count). The van der Waals surface area contributed by atoms with Crippen LogP contribution in [-0.2, 0) is 14.4 Å². The Hall–Kier alpha value is -1.75. The summed E-state index contributed by atoms with van der Waals surface area (Å²) in [5.41, 5.74) is -0.836. The molecule has 7 N–H and O–H groups in total. The van der Waals surface area contributed by atoms with Crippen LogP contribution < -0.4 is 0 Å². The molecule has 1 atom stereocenters. The van der Waals surface area contributed by atoms with Gasteiger partial charge in [0.25, 0.3) is 17.9 Å². The third kappa shape index (κ3) is 42.7. The molecule has 0 saturated heterocycles. The van der Waals surface area contributed by atoms with Crippen LogP contribution >= 0.6 is 0 Å². The molecule has 0 aromatic rings. The lowest BCUT2D eigenvalue weighted by Gasteiger charge is -2.27. The second kappa shape index (κ2) is 19.3. The molecule has 0 saturated carbocycles. The maximum absolute atomic E-state index is 9.00. The molecule has 1 unspecified atom stereocenters. The zero-order chi connectivity index (χ0) is 20.3. The monoisotopic (exact) mass is 358 g/mol. The maximum Gasteiger partial charge on any atom is 0.300 e. The highest BCUT2D eigenvalue weighted by Gasteiger charge is 2.27. The van der Waals surface area contributed by atoms with Crippen molar-refractivity contribution in [3.05, 3.63) is 0 Å². The number of rotatable bonds is 6. The van der Waals surface area contributed by atoms with Gasteiger partial charge in [-0.25, -0.2) is 0 Å². The summed E-state index contributed by atoms with van der Waals surface area (Å²) in [6, 6.07) is 0. The number of carbonyl (C=O) groups is 3. The van der Waals surface area contributed by atoms with Crippen molar-refractivity contribution in [3.63, 3.8) is 0 Å². The Morgan fingerprint density at radius 1 is 0.792 bits per heavy atom. The third-order valence-electron chi connectivity index (χ3n) is 2.10. The molecule has 0 fully saturated rings. The van der Waals surface area contributed by atoms with Crippen LogP contribution in [0, 0.1) is 5.41 Å². The number of hydrogen-bond acceptors (Lipinski definition) is 7. The van der Waals surface area contributed by atoms with E-state index in [1.165, 1.54) is 0 Å². The van der Waals surface area contributed by atoms with E-state index >= 15 is 0 Å². The fourth-order valence-corrected chi connectivity index (χ4v) is 0.902. The van der Waals surface area contributed by atoms with Gasteiger partial charge in [-0.2, -0.15) is 0 Å². The standard InChI is InChI=1S/C8H18O4.3C2H4O2/c1-7(12)2-3-8(4-9,5-10)6-11;3*1-2(3)4/h7,9-12H,2-6H2,1H3;3*1H3,(H,3,4). The Bertz CT molecular complexity index is 275. The molecule has 146 valence electrons. The van der Waals surface area contributed by atoms with Crippen molar-refractivity contribution in [1.82, 2.24) is 0 Å². The molecule has 0 aromatic heterocycles. The zero-order valence-corrected chi connectivity index (χ0v) is 14.5. The summed E-state index contributed by atoms with van der Waals surface area (Å²) in [7, 11) is 0.